The second-order valence-corrected chi connectivity index (χ2v) is 7.81. The number of imide groups is 1. The van der Waals surface area contributed by atoms with Gasteiger partial charge in [-0.25, -0.2) is 4.98 Å². The first-order valence-electron chi connectivity index (χ1n) is 10.6. The van der Waals surface area contributed by atoms with Crippen molar-refractivity contribution in [2.45, 2.75) is 26.4 Å². The van der Waals surface area contributed by atoms with Crippen molar-refractivity contribution < 1.29 is 9.59 Å². The number of hydrogen-bond donors (Lipinski definition) is 2. The average molecular weight is 425 g/mol. The molecule has 5 rings (SSSR count). The van der Waals surface area contributed by atoms with Crippen LogP contribution in [0.3, 0.4) is 0 Å². The largest absolute Gasteiger partial charge is 0.350 e. The molecule has 7 heteroatoms. The molecule has 7 nitrogen and oxygen atoms in total. The predicted octanol–water partition coefficient (Wildman–Crippen LogP) is 3.72. The van der Waals surface area contributed by atoms with Gasteiger partial charge in [-0.2, -0.15) is 0 Å². The van der Waals surface area contributed by atoms with Crippen molar-refractivity contribution in [3.05, 3.63) is 90.3 Å². The standard InChI is InChI=1S/C25H23N5O2/c1-17-21(22-23(25(32)28-24(22)31)27-18-8-3-2-4-9-18)19-10-5-6-11-20(19)30(17)14-7-13-29-15-12-26-16-29/h2-6,8-12,15-16H,7,13-14H2,1H3,(H2,27,28,31,32). The van der Waals surface area contributed by atoms with Crippen molar-refractivity contribution in [2.24, 2.45) is 0 Å². The van der Waals surface area contributed by atoms with Gasteiger partial charge in [-0.1, -0.05) is 36.4 Å². The molecule has 0 unspecified atom stereocenters. The molecule has 0 spiro atoms. The number of aromatic nitrogens is 3. The molecular formula is C25H23N5O2. The van der Waals surface area contributed by atoms with Gasteiger partial charge in [0, 0.05) is 53.3 Å². The minimum atomic E-state index is -0.412. The van der Waals surface area contributed by atoms with Crippen LogP contribution < -0.4 is 10.6 Å². The van der Waals surface area contributed by atoms with Crippen LogP contribution in [0.5, 0.6) is 0 Å². The Morgan fingerprint density at radius 2 is 1.75 bits per heavy atom. The Labute approximate surface area is 185 Å². The molecule has 0 fully saturated rings. The third-order valence-electron chi connectivity index (χ3n) is 5.81. The summed E-state index contributed by atoms with van der Waals surface area (Å²) < 4.78 is 4.28. The van der Waals surface area contributed by atoms with Gasteiger partial charge in [-0.15, -0.1) is 0 Å². The molecule has 3 heterocycles. The average Bonchev–Trinajstić information content (AvgIpc) is 3.48. The highest BCUT2D eigenvalue weighted by molar-refractivity contribution is 6.38. The zero-order chi connectivity index (χ0) is 22.1. The van der Waals surface area contributed by atoms with E-state index in [1.54, 1.807) is 6.20 Å². The molecule has 0 radical (unpaired) electrons. The first-order valence-corrected chi connectivity index (χ1v) is 10.6. The molecule has 4 aromatic rings. The summed E-state index contributed by atoms with van der Waals surface area (Å²) in [6, 6.07) is 17.4. The number of imidazole rings is 1. The fourth-order valence-corrected chi connectivity index (χ4v) is 4.34. The number of fused-ring (bicyclic) bond motifs is 1. The van der Waals surface area contributed by atoms with Crippen molar-refractivity contribution in [3.8, 4) is 0 Å². The molecule has 2 aromatic heterocycles. The normalized spacial score (nSPS) is 13.8. The number of aryl methyl sites for hydroxylation is 2. The predicted molar refractivity (Wildman–Crippen MR) is 124 cm³/mol. The molecule has 0 aliphatic carbocycles. The van der Waals surface area contributed by atoms with E-state index in [-0.39, 0.29) is 11.6 Å². The van der Waals surface area contributed by atoms with E-state index in [4.69, 9.17) is 0 Å². The first-order chi connectivity index (χ1) is 15.6. The smallest absolute Gasteiger partial charge is 0.275 e. The van der Waals surface area contributed by atoms with Gasteiger partial charge in [0.1, 0.15) is 5.70 Å². The molecule has 2 aromatic carbocycles. The van der Waals surface area contributed by atoms with Crippen molar-refractivity contribution >= 4 is 34.0 Å². The molecule has 160 valence electrons. The summed E-state index contributed by atoms with van der Waals surface area (Å²) in [6.07, 6.45) is 6.45. The van der Waals surface area contributed by atoms with E-state index in [2.05, 4.69) is 30.8 Å². The molecule has 0 bridgehead atoms. The molecule has 0 saturated carbocycles. The number of para-hydroxylation sites is 2. The number of anilines is 1. The maximum atomic E-state index is 12.9. The van der Waals surface area contributed by atoms with E-state index in [1.165, 1.54) is 0 Å². The maximum absolute atomic E-state index is 12.9. The van der Waals surface area contributed by atoms with Gasteiger partial charge in [-0.3, -0.25) is 14.9 Å². The van der Waals surface area contributed by atoms with Gasteiger partial charge in [0.2, 0.25) is 0 Å². The van der Waals surface area contributed by atoms with Crippen LogP contribution in [0.15, 0.2) is 79.0 Å². The number of carbonyl (C=O) groups is 2. The van der Waals surface area contributed by atoms with Crippen LogP contribution in [0.25, 0.3) is 16.5 Å². The topological polar surface area (TPSA) is 81.0 Å². The molecule has 0 saturated heterocycles. The summed E-state index contributed by atoms with van der Waals surface area (Å²) in [5, 5.41) is 6.58. The zero-order valence-corrected chi connectivity index (χ0v) is 17.7. The van der Waals surface area contributed by atoms with Gasteiger partial charge < -0.3 is 14.5 Å². The van der Waals surface area contributed by atoms with Crippen molar-refractivity contribution in [3.63, 3.8) is 0 Å². The monoisotopic (exact) mass is 425 g/mol. The third-order valence-corrected chi connectivity index (χ3v) is 5.81. The van der Waals surface area contributed by atoms with Crippen LogP contribution in [0.2, 0.25) is 0 Å². The quantitative estimate of drug-likeness (QED) is 0.442. The second kappa shape index (κ2) is 8.19. The highest BCUT2D eigenvalue weighted by Gasteiger charge is 2.34. The van der Waals surface area contributed by atoms with E-state index in [0.717, 1.165) is 47.4 Å². The summed E-state index contributed by atoms with van der Waals surface area (Å²) in [6.45, 7) is 3.65. The Balaban J connectivity index is 1.58. The van der Waals surface area contributed by atoms with Crippen molar-refractivity contribution in [1.29, 1.82) is 0 Å². The van der Waals surface area contributed by atoms with Crippen LogP contribution in [-0.4, -0.2) is 25.9 Å². The maximum Gasteiger partial charge on any atom is 0.275 e. The van der Waals surface area contributed by atoms with Crippen LogP contribution in [0.1, 0.15) is 17.7 Å². The van der Waals surface area contributed by atoms with E-state index < -0.39 is 5.91 Å². The molecule has 2 amide bonds. The Morgan fingerprint density at radius 3 is 2.53 bits per heavy atom. The van der Waals surface area contributed by atoms with Gasteiger partial charge in [-0.05, 0) is 31.5 Å². The number of nitrogens with zero attached hydrogens (tertiary/aromatic N) is 3. The Bertz CT molecular complexity index is 1330. The zero-order valence-electron chi connectivity index (χ0n) is 17.7. The number of benzene rings is 2. The van der Waals surface area contributed by atoms with E-state index in [0.29, 0.717) is 5.57 Å². The minimum absolute atomic E-state index is 0.283. The lowest BCUT2D eigenvalue weighted by molar-refractivity contribution is -0.123. The minimum Gasteiger partial charge on any atom is -0.350 e. The highest BCUT2D eigenvalue weighted by Crippen LogP contribution is 2.35. The fraction of sp³-hybridized carbons (Fsp3) is 0.160. The molecule has 1 aliphatic heterocycles. The van der Waals surface area contributed by atoms with E-state index in [1.807, 2.05) is 68.0 Å². The second-order valence-electron chi connectivity index (χ2n) is 7.81. The third kappa shape index (κ3) is 3.47. The van der Waals surface area contributed by atoms with Crippen molar-refractivity contribution in [2.75, 3.05) is 5.32 Å². The van der Waals surface area contributed by atoms with Crippen LogP contribution in [0.4, 0.5) is 5.69 Å². The molecule has 0 atom stereocenters. The first kappa shape index (κ1) is 19.8. The number of carbonyl (C=O) groups excluding carboxylic acids is 2. The molecule has 1 aliphatic rings. The van der Waals surface area contributed by atoms with Gasteiger partial charge in [0.25, 0.3) is 11.8 Å². The number of hydrogen-bond acceptors (Lipinski definition) is 4. The van der Waals surface area contributed by atoms with Gasteiger partial charge in [0.05, 0.1) is 11.9 Å². The lowest BCUT2D eigenvalue weighted by Gasteiger charge is -2.10. The lowest BCUT2D eigenvalue weighted by Crippen LogP contribution is -2.24. The van der Waals surface area contributed by atoms with Crippen LogP contribution in [0, 0.1) is 6.92 Å². The van der Waals surface area contributed by atoms with Crippen LogP contribution in [-0.2, 0) is 22.7 Å². The van der Waals surface area contributed by atoms with Crippen molar-refractivity contribution in [1.82, 2.24) is 19.4 Å². The molecular weight excluding hydrogens is 402 g/mol. The molecule has 32 heavy (non-hydrogen) atoms. The van der Waals surface area contributed by atoms with E-state index in [9.17, 15) is 9.59 Å². The fourth-order valence-electron chi connectivity index (χ4n) is 4.34. The summed E-state index contributed by atoms with van der Waals surface area (Å²) in [5.41, 5.74) is 4.23. The number of nitrogens with one attached hydrogen (secondary N) is 2. The summed E-state index contributed by atoms with van der Waals surface area (Å²) in [4.78, 5) is 29.7. The summed E-state index contributed by atoms with van der Waals surface area (Å²) >= 11 is 0. The summed E-state index contributed by atoms with van der Waals surface area (Å²) in [7, 11) is 0. The number of rotatable bonds is 7. The highest BCUT2D eigenvalue weighted by atomic mass is 16.2. The summed E-state index contributed by atoms with van der Waals surface area (Å²) in [5.74, 6) is -0.789. The van der Waals surface area contributed by atoms with E-state index >= 15 is 0 Å². The number of amides is 2. The molecule has 2 N–H and O–H groups in total. The Hall–Kier alpha value is -4.13. The Morgan fingerprint density at radius 1 is 0.969 bits per heavy atom. The Kier molecular flexibility index (Phi) is 5.07. The van der Waals surface area contributed by atoms with Crippen LogP contribution >= 0.6 is 0 Å². The van der Waals surface area contributed by atoms with Gasteiger partial charge in [0.15, 0.2) is 0 Å². The lowest BCUT2D eigenvalue weighted by atomic mass is 10.0. The SMILES string of the molecule is Cc1c(C2=C(Nc3ccccc3)C(=O)NC2=O)c2ccccc2n1CCCn1ccnc1. The van der Waals surface area contributed by atoms with Gasteiger partial charge >= 0.3 is 0 Å².